The van der Waals surface area contributed by atoms with Gasteiger partial charge in [-0.2, -0.15) is 0 Å². The Morgan fingerprint density at radius 2 is 1.91 bits per heavy atom. The summed E-state index contributed by atoms with van der Waals surface area (Å²) in [5.74, 6) is -0.986. The van der Waals surface area contributed by atoms with E-state index >= 15 is 0 Å². The van der Waals surface area contributed by atoms with E-state index in [0.717, 1.165) is 4.90 Å². The third-order valence-corrected chi connectivity index (χ3v) is 3.38. The van der Waals surface area contributed by atoms with Gasteiger partial charge in [-0.05, 0) is 24.3 Å². The van der Waals surface area contributed by atoms with Gasteiger partial charge in [-0.25, -0.2) is 9.59 Å². The molecule has 0 unspecified atom stereocenters. The molecule has 7 heteroatoms. The molecule has 6 nitrogen and oxygen atoms in total. The van der Waals surface area contributed by atoms with Gasteiger partial charge in [-0.15, -0.1) is 11.8 Å². The van der Waals surface area contributed by atoms with E-state index in [2.05, 4.69) is 10.6 Å². The molecule has 0 aromatic heterocycles. The highest BCUT2D eigenvalue weighted by atomic mass is 32.2. The molecule has 0 fully saturated rings. The molecule has 0 saturated carbocycles. The molecule has 3 amide bonds. The van der Waals surface area contributed by atoms with Crippen LogP contribution < -0.4 is 10.6 Å². The third kappa shape index (κ3) is 6.17. The van der Waals surface area contributed by atoms with Gasteiger partial charge in [-0.1, -0.05) is 26.0 Å². The summed E-state index contributed by atoms with van der Waals surface area (Å²) in [7, 11) is 0. The number of nitrogens with one attached hydrogen (secondary N) is 2. The molecular weight excluding hydrogens is 304 g/mol. The van der Waals surface area contributed by atoms with Crippen molar-refractivity contribution < 1.29 is 19.1 Å². The lowest BCUT2D eigenvalue weighted by Crippen LogP contribution is -2.42. The van der Waals surface area contributed by atoms with Crippen molar-refractivity contribution in [3.63, 3.8) is 0 Å². The molecule has 0 saturated heterocycles. The lowest BCUT2D eigenvalue weighted by atomic mass is 10.2. The number of urea groups is 1. The first-order valence-corrected chi connectivity index (χ1v) is 8.04. The van der Waals surface area contributed by atoms with Gasteiger partial charge in [0.05, 0.1) is 5.56 Å². The fourth-order valence-corrected chi connectivity index (χ4v) is 2.11. The van der Waals surface area contributed by atoms with Crippen molar-refractivity contribution in [2.45, 2.75) is 18.7 Å². The third-order valence-electron chi connectivity index (χ3n) is 2.59. The van der Waals surface area contributed by atoms with Gasteiger partial charge in [-0.3, -0.25) is 10.1 Å². The molecule has 0 aliphatic rings. The number of rotatable bonds is 6. The standard InChI is InChI=1S/C15H20N2O4S/c1-10(2)8-16-15(20)17-13(18)9-21-14(19)11-6-4-5-7-12(11)22-3/h4-7,10H,8-9H2,1-3H3,(H2,16,17,18,20). The van der Waals surface area contributed by atoms with Crippen LogP contribution in [0.25, 0.3) is 0 Å². The first-order valence-electron chi connectivity index (χ1n) is 6.81. The van der Waals surface area contributed by atoms with Crippen molar-refractivity contribution in [3.05, 3.63) is 29.8 Å². The summed E-state index contributed by atoms with van der Waals surface area (Å²) in [5.41, 5.74) is 0.395. The van der Waals surface area contributed by atoms with Crippen LogP contribution in [-0.4, -0.2) is 37.3 Å². The van der Waals surface area contributed by atoms with Crippen LogP contribution in [0.2, 0.25) is 0 Å². The summed E-state index contributed by atoms with van der Waals surface area (Å²) in [6.07, 6.45) is 1.85. The Morgan fingerprint density at radius 1 is 1.23 bits per heavy atom. The minimum Gasteiger partial charge on any atom is -0.452 e. The van der Waals surface area contributed by atoms with E-state index in [0.29, 0.717) is 12.1 Å². The van der Waals surface area contributed by atoms with Gasteiger partial charge >= 0.3 is 12.0 Å². The van der Waals surface area contributed by atoms with E-state index in [9.17, 15) is 14.4 Å². The molecule has 0 heterocycles. The van der Waals surface area contributed by atoms with Crippen LogP contribution in [0.1, 0.15) is 24.2 Å². The number of amides is 3. The molecule has 0 spiro atoms. The second-order valence-electron chi connectivity index (χ2n) is 4.93. The van der Waals surface area contributed by atoms with E-state index in [1.165, 1.54) is 11.8 Å². The van der Waals surface area contributed by atoms with Gasteiger partial charge < -0.3 is 10.1 Å². The Bertz CT molecular complexity index is 546. The van der Waals surface area contributed by atoms with Gasteiger partial charge in [0.1, 0.15) is 0 Å². The van der Waals surface area contributed by atoms with Crippen molar-refractivity contribution in [1.82, 2.24) is 10.6 Å². The van der Waals surface area contributed by atoms with E-state index in [1.807, 2.05) is 26.2 Å². The first kappa shape index (κ1) is 18.0. The Balaban J connectivity index is 2.43. The molecule has 1 rings (SSSR count). The Labute approximate surface area is 134 Å². The second kappa shape index (κ2) is 9.09. The maximum atomic E-state index is 11.9. The highest BCUT2D eigenvalue weighted by Crippen LogP contribution is 2.20. The minimum absolute atomic E-state index is 0.279. The molecule has 0 atom stereocenters. The average molecular weight is 324 g/mol. The normalized spacial score (nSPS) is 10.2. The number of hydrogen-bond acceptors (Lipinski definition) is 5. The highest BCUT2D eigenvalue weighted by molar-refractivity contribution is 7.98. The molecule has 0 aliphatic carbocycles. The number of benzene rings is 1. The van der Waals surface area contributed by atoms with Gasteiger partial charge in [0.2, 0.25) is 0 Å². The van der Waals surface area contributed by atoms with Crippen LogP contribution in [0.3, 0.4) is 0 Å². The van der Waals surface area contributed by atoms with Crippen LogP contribution in [0.15, 0.2) is 29.2 Å². The van der Waals surface area contributed by atoms with Crippen LogP contribution in [-0.2, 0) is 9.53 Å². The number of thioether (sulfide) groups is 1. The van der Waals surface area contributed by atoms with Gasteiger partial charge in [0.15, 0.2) is 6.61 Å². The second-order valence-corrected chi connectivity index (χ2v) is 5.78. The zero-order valence-electron chi connectivity index (χ0n) is 12.8. The molecule has 120 valence electrons. The molecule has 0 radical (unpaired) electrons. The van der Waals surface area contributed by atoms with Crippen molar-refractivity contribution in [3.8, 4) is 0 Å². The maximum Gasteiger partial charge on any atom is 0.339 e. The predicted octanol–water partition coefficient (Wildman–Crippen LogP) is 2.05. The van der Waals surface area contributed by atoms with Crippen molar-refractivity contribution in [1.29, 1.82) is 0 Å². The average Bonchev–Trinajstić information content (AvgIpc) is 2.50. The molecule has 0 bridgehead atoms. The highest BCUT2D eigenvalue weighted by Gasteiger charge is 2.15. The lowest BCUT2D eigenvalue weighted by molar-refractivity contribution is -0.123. The molecule has 22 heavy (non-hydrogen) atoms. The molecule has 0 aliphatic heterocycles. The minimum atomic E-state index is -0.670. The number of carbonyl (C=O) groups is 3. The zero-order chi connectivity index (χ0) is 16.5. The van der Waals surface area contributed by atoms with Crippen molar-refractivity contribution in [2.24, 2.45) is 5.92 Å². The summed E-state index contributed by atoms with van der Waals surface area (Å²) < 4.78 is 4.91. The smallest absolute Gasteiger partial charge is 0.339 e. The quantitative estimate of drug-likeness (QED) is 0.618. The molecule has 1 aromatic carbocycles. The summed E-state index contributed by atoms with van der Waals surface area (Å²) in [5, 5.41) is 4.64. The fourth-order valence-electron chi connectivity index (χ4n) is 1.53. The number of carbonyl (C=O) groups excluding carboxylic acids is 3. The van der Waals surface area contributed by atoms with Crippen LogP contribution in [0.4, 0.5) is 4.79 Å². The first-order chi connectivity index (χ1) is 10.4. The number of ether oxygens (including phenoxy) is 1. The SMILES string of the molecule is CSc1ccccc1C(=O)OCC(=O)NC(=O)NCC(C)C. The van der Waals surface area contributed by atoms with E-state index < -0.39 is 24.5 Å². The van der Waals surface area contributed by atoms with Crippen LogP contribution in [0.5, 0.6) is 0 Å². The number of hydrogen-bond donors (Lipinski definition) is 2. The summed E-state index contributed by atoms with van der Waals surface area (Å²) >= 11 is 1.41. The van der Waals surface area contributed by atoms with E-state index in [-0.39, 0.29) is 5.92 Å². The van der Waals surface area contributed by atoms with Crippen molar-refractivity contribution in [2.75, 3.05) is 19.4 Å². The summed E-state index contributed by atoms with van der Waals surface area (Å²) in [6, 6.07) is 6.35. The summed E-state index contributed by atoms with van der Waals surface area (Å²) in [6.45, 7) is 3.83. The number of imide groups is 1. The molecular formula is C15H20N2O4S. The van der Waals surface area contributed by atoms with E-state index in [1.54, 1.807) is 18.2 Å². The van der Waals surface area contributed by atoms with Gasteiger partial charge in [0, 0.05) is 11.4 Å². The summed E-state index contributed by atoms with van der Waals surface area (Å²) in [4.78, 5) is 35.6. The molecule has 2 N–H and O–H groups in total. The Hall–Kier alpha value is -2.02. The zero-order valence-corrected chi connectivity index (χ0v) is 13.7. The predicted molar refractivity (Wildman–Crippen MR) is 84.9 cm³/mol. The Morgan fingerprint density at radius 3 is 2.55 bits per heavy atom. The monoisotopic (exact) mass is 324 g/mol. The Kier molecular flexibility index (Phi) is 7.45. The molecule has 1 aromatic rings. The lowest BCUT2D eigenvalue weighted by Gasteiger charge is -2.09. The number of esters is 1. The van der Waals surface area contributed by atoms with Crippen LogP contribution in [0, 0.1) is 5.92 Å². The van der Waals surface area contributed by atoms with Gasteiger partial charge in [0.25, 0.3) is 5.91 Å². The van der Waals surface area contributed by atoms with Crippen LogP contribution >= 0.6 is 11.8 Å². The fraction of sp³-hybridized carbons (Fsp3) is 0.400. The maximum absolute atomic E-state index is 11.9. The largest absolute Gasteiger partial charge is 0.452 e. The van der Waals surface area contributed by atoms with E-state index in [4.69, 9.17) is 4.74 Å². The van der Waals surface area contributed by atoms with Crippen molar-refractivity contribution >= 4 is 29.7 Å². The topological polar surface area (TPSA) is 84.5 Å².